The fourth-order valence-corrected chi connectivity index (χ4v) is 1.81. The van der Waals surface area contributed by atoms with Crippen LogP contribution in [0.4, 0.5) is 5.69 Å². The zero-order chi connectivity index (χ0) is 12.3. The quantitative estimate of drug-likeness (QED) is 0.576. The topological polar surface area (TPSA) is 69.9 Å². The molecule has 0 amide bonds. The lowest BCUT2D eigenvalue weighted by molar-refractivity contribution is -0.115. The number of carbonyl (C=O) groups excluding carboxylic acids is 1. The van der Waals surface area contributed by atoms with E-state index in [4.69, 9.17) is 5.11 Å². The van der Waals surface area contributed by atoms with E-state index in [2.05, 4.69) is 4.99 Å². The standard InChI is InChI=1S/C13H13NO3/c15-8-9-10(5-3-7-12(9)16)14-11-4-1-2-6-13(11)17/h1-2,4,6,8,15,17H,3,5,7H2/b9-8-,14-10?. The molecule has 1 saturated carbocycles. The molecular formula is C13H13NO3. The van der Waals surface area contributed by atoms with Crippen molar-refractivity contribution in [3.8, 4) is 5.75 Å². The predicted octanol–water partition coefficient (Wildman–Crippen LogP) is 2.66. The molecule has 4 nitrogen and oxygen atoms in total. The van der Waals surface area contributed by atoms with Crippen molar-refractivity contribution in [2.24, 2.45) is 4.99 Å². The average Bonchev–Trinajstić information content (AvgIpc) is 2.32. The van der Waals surface area contributed by atoms with Gasteiger partial charge >= 0.3 is 0 Å². The monoisotopic (exact) mass is 231 g/mol. The number of rotatable bonds is 1. The van der Waals surface area contributed by atoms with Gasteiger partial charge < -0.3 is 10.2 Å². The number of hydrogen-bond acceptors (Lipinski definition) is 4. The minimum absolute atomic E-state index is 0.0651. The first kappa shape index (κ1) is 11.4. The van der Waals surface area contributed by atoms with Crippen molar-refractivity contribution in [1.29, 1.82) is 0 Å². The van der Waals surface area contributed by atoms with E-state index >= 15 is 0 Å². The van der Waals surface area contributed by atoms with Crippen LogP contribution < -0.4 is 0 Å². The molecule has 0 radical (unpaired) electrons. The number of benzene rings is 1. The Balaban J connectivity index is 2.39. The van der Waals surface area contributed by atoms with Crippen LogP contribution in [0.2, 0.25) is 0 Å². The Labute approximate surface area is 98.9 Å². The van der Waals surface area contributed by atoms with Crippen LogP contribution in [0.3, 0.4) is 0 Å². The third-order valence-corrected chi connectivity index (χ3v) is 2.69. The highest BCUT2D eigenvalue weighted by atomic mass is 16.3. The SMILES string of the molecule is O=C1CCCC(=Nc2ccccc2O)/C1=C/O. The van der Waals surface area contributed by atoms with Crippen molar-refractivity contribution in [3.05, 3.63) is 36.1 Å². The summed E-state index contributed by atoms with van der Waals surface area (Å²) in [5.74, 6) is -0.0387. The zero-order valence-corrected chi connectivity index (χ0v) is 9.26. The Morgan fingerprint density at radius 3 is 2.71 bits per heavy atom. The summed E-state index contributed by atoms with van der Waals surface area (Å²) in [6.07, 6.45) is 2.60. The molecule has 1 aromatic rings. The second kappa shape index (κ2) is 4.82. The molecule has 0 aromatic heterocycles. The Morgan fingerprint density at radius 1 is 1.24 bits per heavy atom. The van der Waals surface area contributed by atoms with Crippen LogP contribution in [-0.4, -0.2) is 21.7 Å². The summed E-state index contributed by atoms with van der Waals surface area (Å²) in [4.78, 5) is 15.8. The highest BCUT2D eigenvalue weighted by Crippen LogP contribution is 2.28. The van der Waals surface area contributed by atoms with E-state index in [0.29, 0.717) is 24.2 Å². The molecule has 0 heterocycles. The average molecular weight is 231 g/mol. The molecule has 0 unspecified atom stereocenters. The molecule has 0 spiro atoms. The molecule has 0 aliphatic heterocycles. The highest BCUT2D eigenvalue weighted by molar-refractivity contribution is 6.24. The van der Waals surface area contributed by atoms with Crippen molar-refractivity contribution >= 4 is 17.2 Å². The van der Waals surface area contributed by atoms with Gasteiger partial charge in [-0.25, -0.2) is 4.99 Å². The molecule has 1 aromatic carbocycles. The summed E-state index contributed by atoms with van der Waals surface area (Å²) in [7, 11) is 0. The van der Waals surface area contributed by atoms with Crippen LogP contribution in [-0.2, 0) is 4.79 Å². The molecule has 2 rings (SSSR count). The molecular weight excluding hydrogens is 218 g/mol. The van der Waals surface area contributed by atoms with Gasteiger partial charge in [0.1, 0.15) is 11.4 Å². The molecule has 0 bridgehead atoms. The molecule has 4 heteroatoms. The van der Waals surface area contributed by atoms with Gasteiger partial charge in [0.15, 0.2) is 5.78 Å². The first-order valence-corrected chi connectivity index (χ1v) is 5.46. The second-order valence-corrected chi connectivity index (χ2v) is 3.87. The number of nitrogens with zero attached hydrogens (tertiary/aromatic N) is 1. The minimum Gasteiger partial charge on any atom is -0.515 e. The third kappa shape index (κ3) is 2.36. The van der Waals surface area contributed by atoms with E-state index in [9.17, 15) is 9.90 Å². The number of hydrogen-bond donors (Lipinski definition) is 2. The van der Waals surface area contributed by atoms with Crippen LogP contribution in [0.5, 0.6) is 5.75 Å². The number of carbonyl (C=O) groups is 1. The number of phenols is 1. The number of aliphatic imine (C=N–C) groups is 1. The summed E-state index contributed by atoms with van der Waals surface area (Å²) in [5.41, 5.74) is 1.20. The number of aromatic hydroxyl groups is 1. The van der Waals surface area contributed by atoms with Gasteiger partial charge in [0, 0.05) is 6.42 Å². The summed E-state index contributed by atoms with van der Waals surface area (Å²) in [6, 6.07) is 6.66. The number of Topliss-reactive ketones (excluding diaryl/α,β-unsaturated/α-hetero) is 1. The highest BCUT2D eigenvalue weighted by Gasteiger charge is 2.21. The molecule has 0 atom stereocenters. The molecule has 1 aliphatic carbocycles. The van der Waals surface area contributed by atoms with Crippen molar-refractivity contribution in [2.75, 3.05) is 0 Å². The number of para-hydroxylation sites is 2. The summed E-state index contributed by atoms with van der Waals surface area (Å²) in [6.45, 7) is 0. The Kier molecular flexibility index (Phi) is 3.23. The van der Waals surface area contributed by atoms with Gasteiger partial charge in [-0.15, -0.1) is 0 Å². The zero-order valence-electron chi connectivity index (χ0n) is 9.26. The predicted molar refractivity (Wildman–Crippen MR) is 64.8 cm³/mol. The van der Waals surface area contributed by atoms with Gasteiger partial charge in [-0.1, -0.05) is 12.1 Å². The number of allylic oxidation sites excluding steroid dienone is 1. The third-order valence-electron chi connectivity index (χ3n) is 2.69. The number of phenolic OH excluding ortho intramolecular Hbond substituents is 1. The summed E-state index contributed by atoms with van der Waals surface area (Å²) < 4.78 is 0. The number of aliphatic hydroxyl groups excluding tert-OH is 1. The van der Waals surface area contributed by atoms with Gasteiger partial charge in [0.05, 0.1) is 17.5 Å². The van der Waals surface area contributed by atoms with Gasteiger partial charge in [0.2, 0.25) is 0 Å². The van der Waals surface area contributed by atoms with Crippen molar-refractivity contribution in [2.45, 2.75) is 19.3 Å². The lowest BCUT2D eigenvalue weighted by atomic mass is 9.92. The number of aliphatic hydroxyl groups is 1. The van der Waals surface area contributed by atoms with Crippen LogP contribution in [0.25, 0.3) is 0 Å². The molecule has 1 fully saturated rings. The van der Waals surface area contributed by atoms with Crippen LogP contribution in [0, 0.1) is 0 Å². The van der Waals surface area contributed by atoms with Crippen LogP contribution in [0.15, 0.2) is 41.1 Å². The van der Waals surface area contributed by atoms with Gasteiger partial charge in [-0.05, 0) is 25.0 Å². The van der Waals surface area contributed by atoms with E-state index in [1.807, 2.05) is 0 Å². The maximum atomic E-state index is 11.5. The molecule has 17 heavy (non-hydrogen) atoms. The van der Waals surface area contributed by atoms with E-state index in [-0.39, 0.29) is 17.1 Å². The molecule has 2 N–H and O–H groups in total. The first-order valence-electron chi connectivity index (χ1n) is 5.46. The van der Waals surface area contributed by atoms with Crippen molar-refractivity contribution in [3.63, 3.8) is 0 Å². The van der Waals surface area contributed by atoms with Gasteiger partial charge in [0.25, 0.3) is 0 Å². The van der Waals surface area contributed by atoms with Crippen LogP contribution in [0.1, 0.15) is 19.3 Å². The largest absolute Gasteiger partial charge is 0.515 e. The first-order chi connectivity index (χ1) is 8.22. The van der Waals surface area contributed by atoms with E-state index < -0.39 is 0 Å². The molecule has 88 valence electrons. The minimum atomic E-state index is -0.104. The van der Waals surface area contributed by atoms with Gasteiger partial charge in [-0.2, -0.15) is 0 Å². The summed E-state index contributed by atoms with van der Waals surface area (Å²) in [5, 5.41) is 18.6. The molecule has 1 aliphatic rings. The van der Waals surface area contributed by atoms with E-state index in [0.717, 1.165) is 12.7 Å². The van der Waals surface area contributed by atoms with Crippen molar-refractivity contribution in [1.82, 2.24) is 0 Å². The lowest BCUT2D eigenvalue weighted by Crippen LogP contribution is -2.18. The summed E-state index contributed by atoms with van der Waals surface area (Å²) >= 11 is 0. The Hall–Kier alpha value is -2.10. The lowest BCUT2D eigenvalue weighted by Gasteiger charge is -2.14. The maximum Gasteiger partial charge on any atom is 0.167 e. The van der Waals surface area contributed by atoms with E-state index in [1.165, 1.54) is 6.07 Å². The smallest absolute Gasteiger partial charge is 0.167 e. The fourth-order valence-electron chi connectivity index (χ4n) is 1.81. The fraction of sp³-hybridized carbons (Fsp3) is 0.231. The molecule has 0 saturated heterocycles. The Bertz CT molecular complexity index is 503. The van der Waals surface area contributed by atoms with Crippen LogP contribution >= 0.6 is 0 Å². The van der Waals surface area contributed by atoms with Crippen molar-refractivity contribution < 1.29 is 15.0 Å². The maximum absolute atomic E-state index is 11.5. The Morgan fingerprint density at radius 2 is 2.00 bits per heavy atom. The number of ketones is 1. The van der Waals surface area contributed by atoms with Gasteiger partial charge in [-0.3, -0.25) is 4.79 Å². The normalized spacial score (nSPS) is 21.1. The second-order valence-electron chi connectivity index (χ2n) is 3.87. The van der Waals surface area contributed by atoms with E-state index in [1.54, 1.807) is 18.2 Å².